The lowest BCUT2D eigenvalue weighted by Gasteiger charge is -2.14. The van der Waals surface area contributed by atoms with Crippen molar-refractivity contribution in [2.24, 2.45) is 0 Å². The number of aromatic nitrogens is 3. The van der Waals surface area contributed by atoms with Gasteiger partial charge in [0.15, 0.2) is 0 Å². The van der Waals surface area contributed by atoms with Gasteiger partial charge in [0.05, 0.1) is 17.4 Å². The lowest BCUT2D eigenvalue weighted by molar-refractivity contribution is 0.102. The van der Waals surface area contributed by atoms with Gasteiger partial charge in [0.2, 0.25) is 0 Å². The monoisotopic (exact) mass is 337 g/mol. The molecule has 128 valence electrons. The molecule has 0 saturated heterocycles. The Bertz CT molecular complexity index is 868. The van der Waals surface area contributed by atoms with Crippen LogP contribution in [-0.2, 0) is 0 Å². The molecule has 1 N–H and O–H groups in total. The zero-order chi connectivity index (χ0) is 17.6. The summed E-state index contributed by atoms with van der Waals surface area (Å²) in [4.78, 5) is 26.7. The second-order valence-electron chi connectivity index (χ2n) is 5.74. The Labute approximate surface area is 145 Å². The zero-order valence-corrected chi connectivity index (χ0v) is 14.1. The van der Waals surface area contributed by atoms with Crippen LogP contribution in [0.15, 0.2) is 49.1 Å². The number of hydrogen-bond donors (Lipinski definition) is 1. The molecule has 0 atom stereocenters. The lowest BCUT2D eigenvalue weighted by atomic mass is 10.1. The number of amides is 1. The Morgan fingerprint density at radius 2 is 2.08 bits per heavy atom. The third kappa shape index (κ3) is 4.27. The Kier molecular flexibility index (Phi) is 5.15. The first kappa shape index (κ1) is 16.8. The molecule has 2 heterocycles. The van der Waals surface area contributed by atoms with Crippen molar-refractivity contribution in [3.05, 3.63) is 54.7 Å². The Morgan fingerprint density at radius 1 is 1.20 bits per heavy atom. The number of pyridine rings is 1. The molecule has 25 heavy (non-hydrogen) atoms. The smallest absolute Gasteiger partial charge is 0.275 e. The van der Waals surface area contributed by atoms with Crippen molar-refractivity contribution >= 4 is 22.5 Å². The SMILES string of the molecule is CN(C)CCOc1cc(NC(=O)c2cnccn2)c2ncccc2c1. The van der Waals surface area contributed by atoms with Gasteiger partial charge in [0.25, 0.3) is 5.91 Å². The van der Waals surface area contributed by atoms with E-state index in [9.17, 15) is 4.79 Å². The van der Waals surface area contributed by atoms with E-state index in [0.717, 1.165) is 11.9 Å². The van der Waals surface area contributed by atoms with Crippen LogP contribution in [0.4, 0.5) is 5.69 Å². The fraction of sp³-hybridized carbons (Fsp3) is 0.222. The number of carbonyl (C=O) groups is 1. The molecule has 1 aromatic carbocycles. The summed E-state index contributed by atoms with van der Waals surface area (Å²) < 4.78 is 5.80. The molecule has 7 heteroatoms. The van der Waals surface area contributed by atoms with Crippen LogP contribution in [0, 0.1) is 0 Å². The van der Waals surface area contributed by atoms with Crippen LogP contribution < -0.4 is 10.1 Å². The molecule has 0 unspecified atom stereocenters. The lowest BCUT2D eigenvalue weighted by Crippen LogP contribution is -2.19. The van der Waals surface area contributed by atoms with E-state index in [1.807, 2.05) is 37.2 Å². The number of carbonyl (C=O) groups excluding carboxylic acids is 1. The fourth-order valence-corrected chi connectivity index (χ4v) is 2.29. The molecular weight excluding hydrogens is 318 g/mol. The minimum atomic E-state index is -0.342. The fourth-order valence-electron chi connectivity index (χ4n) is 2.29. The average molecular weight is 337 g/mol. The van der Waals surface area contributed by atoms with E-state index in [0.29, 0.717) is 23.6 Å². The summed E-state index contributed by atoms with van der Waals surface area (Å²) in [6.07, 6.45) is 6.11. The van der Waals surface area contributed by atoms with Gasteiger partial charge in [-0.25, -0.2) is 4.98 Å². The van der Waals surface area contributed by atoms with E-state index in [2.05, 4.69) is 20.3 Å². The van der Waals surface area contributed by atoms with Crippen molar-refractivity contribution < 1.29 is 9.53 Å². The second-order valence-corrected chi connectivity index (χ2v) is 5.74. The number of benzene rings is 1. The van der Waals surface area contributed by atoms with E-state index in [4.69, 9.17) is 4.74 Å². The number of hydrogen-bond acceptors (Lipinski definition) is 6. The third-order valence-corrected chi connectivity index (χ3v) is 3.53. The standard InChI is InChI=1S/C18H19N5O2/c1-23(2)8-9-25-14-10-13-4-3-5-21-17(13)15(11-14)22-18(24)16-12-19-6-7-20-16/h3-7,10-12H,8-9H2,1-2H3,(H,22,24). The molecule has 3 aromatic rings. The molecule has 0 aliphatic rings. The highest BCUT2D eigenvalue weighted by atomic mass is 16.5. The maximum atomic E-state index is 12.4. The highest BCUT2D eigenvalue weighted by Gasteiger charge is 2.12. The summed E-state index contributed by atoms with van der Waals surface area (Å²) in [6.45, 7) is 1.35. The number of fused-ring (bicyclic) bond motifs is 1. The summed E-state index contributed by atoms with van der Waals surface area (Å²) in [5, 5.41) is 3.73. The Hall–Kier alpha value is -3.06. The van der Waals surface area contributed by atoms with E-state index in [1.54, 1.807) is 12.3 Å². The van der Waals surface area contributed by atoms with E-state index in [1.165, 1.54) is 18.6 Å². The molecule has 3 rings (SSSR count). The van der Waals surface area contributed by atoms with Crippen LogP contribution in [0.25, 0.3) is 10.9 Å². The minimum Gasteiger partial charge on any atom is -0.492 e. The number of nitrogens with zero attached hydrogens (tertiary/aromatic N) is 4. The summed E-state index contributed by atoms with van der Waals surface area (Å²) in [5.41, 5.74) is 1.51. The molecule has 7 nitrogen and oxygen atoms in total. The molecule has 1 amide bonds. The summed E-state index contributed by atoms with van der Waals surface area (Å²) >= 11 is 0. The molecule has 0 radical (unpaired) electrons. The minimum absolute atomic E-state index is 0.241. The molecule has 0 aliphatic carbocycles. The molecule has 0 bridgehead atoms. The van der Waals surface area contributed by atoms with Crippen LogP contribution in [0.1, 0.15) is 10.5 Å². The number of ether oxygens (including phenoxy) is 1. The largest absolute Gasteiger partial charge is 0.492 e. The van der Waals surface area contributed by atoms with E-state index < -0.39 is 0 Å². The maximum Gasteiger partial charge on any atom is 0.275 e. The van der Waals surface area contributed by atoms with Crippen molar-refractivity contribution in [2.45, 2.75) is 0 Å². The van der Waals surface area contributed by atoms with Gasteiger partial charge in [-0.1, -0.05) is 6.07 Å². The van der Waals surface area contributed by atoms with E-state index >= 15 is 0 Å². The molecule has 0 saturated carbocycles. The number of likely N-dealkylation sites (N-methyl/N-ethyl adjacent to an activating group) is 1. The van der Waals surface area contributed by atoms with Gasteiger partial charge in [0, 0.05) is 36.6 Å². The van der Waals surface area contributed by atoms with Crippen molar-refractivity contribution in [3.63, 3.8) is 0 Å². The van der Waals surface area contributed by atoms with Crippen molar-refractivity contribution in [1.29, 1.82) is 0 Å². The van der Waals surface area contributed by atoms with Crippen molar-refractivity contribution in [1.82, 2.24) is 19.9 Å². The quantitative estimate of drug-likeness (QED) is 0.743. The highest BCUT2D eigenvalue weighted by Crippen LogP contribution is 2.28. The van der Waals surface area contributed by atoms with Crippen LogP contribution >= 0.6 is 0 Å². The average Bonchev–Trinajstić information content (AvgIpc) is 2.62. The van der Waals surface area contributed by atoms with Crippen molar-refractivity contribution in [2.75, 3.05) is 32.6 Å². The first-order valence-electron chi connectivity index (χ1n) is 7.87. The van der Waals surface area contributed by atoms with Crippen molar-refractivity contribution in [3.8, 4) is 5.75 Å². The van der Waals surface area contributed by atoms with E-state index in [-0.39, 0.29) is 11.6 Å². The normalized spacial score (nSPS) is 10.8. The molecule has 2 aromatic heterocycles. The number of anilines is 1. The molecule has 0 spiro atoms. The van der Waals surface area contributed by atoms with Gasteiger partial charge >= 0.3 is 0 Å². The summed E-state index contributed by atoms with van der Waals surface area (Å²) in [5.74, 6) is 0.335. The third-order valence-electron chi connectivity index (χ3n) is 3.53. The van der Waals surface area contributed by atoms with Gasteiger partial charge in [-0.3, -0.25) is 14.8 Å². The Balaban J connectivity index is 1.88. The topological polar surface area (TPSA) is 80.2 Å². The van der Waals surface area contributed by atoms with Crippen LogP contribution in [0.5, 0.6) is 5.75 Å². The molecular formula is C18H19N5O2. The van der Waals surface area contributed by atoms with Gasteiger partial charge in [0.1, 0.15) is 18.1 Å². The van der Waals surface area contributed by atoms with Crippen LogP contribution in [-0.4, -0.2) is 53.0 Å². The van der Waals surface area contributed by atoms with Crippen LogP contribution in [0.2, 0.25) is 0 Å². The number of nitrogens with one attached hydrogen (secondary N) is 1. The second kappa shape index (κ2) is 7.67. The first-order valence-corrected chi connectivity index (χ1v) is 7.87. The Morgan fingerprint density at radius 3 is 2.84 bits per heavy atom. The van der Waals surface area contributed by atoms with Gasteiger partial charge < -0.3 is 15.0 Å². The highest BCUT2D eigenvalue weighted by molar-refractivity contribution is 6.07. The van der Waals surface area contributed by atoms with Gasteiger partial charge in [-0.2, -0.15) is 0 Å². The van der Waals surface area contributed by atoms with Gasteiger partial charge in [-0.15, -0.1) is 0 Å². The maximum absolute atomic E-state index is 12.4. The van der Waals surface area contributed by atoms with Gasteiger partial charge in [-0.05, 0) is 26.2 Å². The predicted molar refractivity (Wildman–Crippen MR) is 95.8 cm³/mol. The summed E-state index contributed by atoms with van der Waals surface area (Å²) in [6, 6.07) is 7.47. The van der Waals surface area contributed by atoms with Crippen LogP contribution in [0.3, 0.4) is 0 Å². The molecule has 0 fully saturated rings. The molecule has 0 aliphatic heterocycles. The summed E-state index contributed by atoms with van der Waals surface area (Å²) in [7, 11) is 3.97. The predicted octanol–water partition coefficient (Wildman–Crippen LogP) is 2.22. The number of rotatable bonds is 6. The zero-order valence-electron chi connectivity index (χ0n) is 14.1. The first-order chi connectivity index (χ1) is 12.1.